The minimum Gasteiger partial charge on any atom is -0.444 e. The van der Waals surface area contributed by atoms with Gasteiger partial charge in [0.25, 0.3) is 0 Å². The first-order valence-corrected chi connectivity index (χ1v) is 8.99. The standard InChI is InChI=1S/C18H36N2O3/c1-15-7-6-8-16(13-15)14-19-9-10-20(11-12-22-5)17(21)23-18(2,3)4/h15-16,19H,6-14H2,1-5H3. The normalized spacial score (nSPS) is 22.0. The number of methoxy groups -OCH3 is 1. The fraction of sp³-hybridized carbons (Fsp3) is 0.944. The van der Waals surface area contributed by atoms with E-state index >= 15 is 0 Å². The van der Waals surface area contributed by atoms with E-state index in [-0.39, 0.29) is 6.09 Å². The molecular weight excluding hydrogens is 292 g/mol. The van der Waals surface area contributed by atoms with Crippen molar-refractivity contribution < 1.29 is 14.3 Å². The highest BCUT2D eigenvalue weighted by atomic mass is 16.6. The lowest BCUT2D eigenvalue weighted by atomic mass is 9.82. The monoisotopic (exact) mass is 328 g/mol. The minimum atomic E-state index is -0.464. The van der Waals surface area contributed by atoms with E-state index in [0.717, 1.165) is 24.9 Å². The lowest BCUT2D eigenvalue weighted by Gasteiger charge is -2.29. The first-order valence-electron chi connectivity index (χ1n) is 8.99. The molecule has 1 aliphatic carbocycles. The van der Waals surface area contributed by atoms with Crippen molar-refractivity contribution in [3.05, 3.63) is 0 Å². The van der Waals surface area contributed by atoms with Crippen LogP contribution in [0.2, 0.25) is 0 Å². The number of carbonyl (C=O) groups excluding carboxylic acids is 1. The molecule has 0 aromatic rings. The van der Waals surface area contributed by atoms with Crippen molar-refractivity contribution in [3.63, 3.8) is 0 Å². The molecule has 0 saturated heterocycles. The zero-order chi connectivity index (χ0) is 17.3. The van der Waals surface area contributed by atoms with Crippen LogP contribution in [-0.2, 0) is 9.47 Å². The summed E-state index contributed by atoms with van der Waals surface area (Å²) in [7, 11) is 1.65. The molecule has 1 aliphatic rings. The number of hydrogen-bond acceptors (Lipinski definition) is 4. The summed E-state index contributed by atoms with van der Waals surface area (Å²) in [5, 5.41) is 3.51. The summed E-state index contributed by atoms with van der Waals surface area (Å²) in [6.45, 7) is 11.6. The highest BCUT2D eigenvalue weighted by Gasteiger charge is 2.22. The largest absolute Gasteiger partial charge is 0.444 e. The van der Waals surface area contributed by atoms with Gasteiger partial charge in [-0.15, -0.1) is 0 Å². The van der Waals surface area contributed by atoms with Gasteiger partial charge in [-0.25, -0.2) is 4.79 Å². The van der Waals surface area contributed by atoms with Gasteiger partial charge in [-0.3, -0.25) is 0 Å². The van der Waals surface area contributed by atoms with E-state index in [0.29, 0.717) is 19.7 Å². The Bertz CT molecular complexity index is 342. The maximum Gasteiger partial charge on any atom is 0.410 e. The van der Waals surface area contributed by atoms with Crippen LogP contribution in [-0.4, -0.2) is 56.5 Å². The maximum atomic E-state index is 12.2. The van der Waals surface area contributed by atoms with Crippen LogP contribution in [0.4, 0.5) is 4.79 Å². The van der Waals surface area contributed by atoms with Gasteiger partial charge in [-0.2, -0.15) is 0 Å². The number of nitrogens with one attached hydrogen (secondary N) is 1. The van der Waals surface area contributed by atoms with Crippen LogP contribution >= 0.6 is 0 Å². The van der Waals surface area contributed by atoms with Crippen LogP contribution in [0.3, 0.4) is 0 Å². The van der Waals surface area contributed by atoms with Crippen molar-refractivity contribution in [2.75, 3.05) is 39.9 Å². The smallest absolute Gasteiger partial charge is 0.410 e. The van der Waals surface area contributed by atoms with Crippen LogP contribution in [0.25, 0.3) is 0 Å². The minimum absolute atomic E-state index is 0.261. The van der Waals surface area contributed by atoms with Crippen LogP contribution in [0.5, 0.6) is 0 Å². The molecule has 23 heavy (non-hydrogen) atoms. The number of amides is 1. The molecule has 1 N–H and O–H groups in total. The molecule has 0 aliphatic heterocycles. The van der Waals surface area contributed by atoms with Crippen molar-refractivity contribution in [1.29, 1.82) is 0 Å². The molecule has 1 rings (SSSR count). The van der Waals surface area contributed by atoms with Gasteiger partial charge in [0, 0.05) is 26.7 Å². The quantitative estimate of drug-likeness (QED) is 0.695. The van der Waals surface area contributed by atoms with E-state index in [1.54, 1.807) is 12.0 Å². The van der Waals surface area contributed by atoms with Gasteiger partial charge < -0.3 is 19.7 Å². The first-order chi connectivity index (χ1) is 10.8. The van der Waals surface area contributed by atoms with Gasteiger partial charge in [-0.1, -0.05) is 19.8 Å². The zero-order valence-corrected chi connectivity index (χ0v) is 15.7. The van der Waals surface area contributed by atoms with E-state index in [1.165, 1.54) is 25.7 Å². The Balaban J connectivity index is 2.31. The molecule has 0 aromatic carbocycles. The second-order valence-electron chi connectivity index (χ2n) is 7.80. The zero-order valence-electron chi connectivity index (χ0n) is 15.7. The summed E-state index contributed by atoms with van der Waals surface area (Å²) < 4.78 is 10.6. The Morgan fingerprint density at radius 3 is 2.61 bits per heavy atom. The molecule has 0 heterocycles. The Morgan fingerprint density at radius 2 is 2.00 bits per heavy atom. The topological polar surface area (TPSA) is 50.8 Å². The van der Waals surface area contributed by atoms with Crippen LogP contribution < -0.4 is 5.32 Å². The van der Waals surface area contributed by atoms with Gasteiger partial charge >= 0.3 is 6.09 Å². The molecule has 1 fully saturated rings. The summed E-state index contributed by atoms with van der Waals surface area (Å²) >= 11 is 0. The Morgan fingerprint density at radius 1 is 1.26 bits per heavy atom. The van der Waals surface area contributed by atoms with Gasteiger partial charge in [0.05, 0.1) is 6.61 Å². The van der Waals surface area contributed by atoms with Crippen molar-refractivity contribution in [3.8, 4) is 0 Å². The van der Waals surface area contributed by atoms with Crippen molar-refractivity contribution in [2.24, 2.45) is 11.8 Å². The second-order valence-corrected chi connectivity index (χ2v) is 7.80. The Kier molecular flexibility index (Phi) is 8.92. The van der Waals surface area contributed by atoms with Gasteiger partial charge in [0.1, 0.15) is 5.60 Å². The van der Waals surface area contributed by atoms with Crippen molar-refractivity contribution in [1.82, 2.24) is 10.2 Å². The van der Waals surface area contributed by atoms with Crippen LogP contribution in [0, 0.1) is 11.8 Å². The Hall–Kier alpha value is -0.810. The third-order valence-electron chi connectivity index (χ3n) is 4.25. The van der Waals surface area contributed by atoms with E-state index in [2.05, 4.69) is 12.2 Å². The summed E-state index contributed by atoms with van der Waals surface area (Å²) in [6, 6.07) is 0. The molecule has 5 heteroatoms. The number of rotatable bonds is 8. The molecule has 5 nitrogen and oxygen atoms in total. The first kappa shape index (κ1) is 20.2. The van der Waals surface area contributed by atoms with Gasteiger partial charge in [0.2, 0.25) is 0 Å². The van der Waals surface area contributed by atoms with Crippen LogP contribution in [0.15, 0.2) is 0 Å². The SMILES string of the molecule is COCCN(CCNCC1CCCC(C)C1)C(=O)OC(C)(C)C. The number of carbonyl (C=O) groups is 1. The fourth-order valence-electron chi connectivity index (χ4n) is 3.09. The highest BCUT2D eigenvalue weighted by molar-refractivity contribution is 5.68. The van der Waals surface area contributed by atoms with E-state index in [4.69, 9.17) is 9.47 Å². The van der Waals surface area contributed by atoms with Crippen LogP contribution in [0.1, 0.15) is 53.4 Å². The second kappa shape index (κ2) is 10.1. The van der Waals surface area contributed by atoms with Gasteiger partial charge in [0.15, 0.2) is 0 Å². The maximum absolute atomic E-state index is 12.2. The molecule has 0 aromatic heterocycles. The molecule has 0 bridgehead atoms. The molecule has 0 spiro atoms. The molecule has 2 unspecified atom stereocenters. The summed E-state index contributed by atoms with van der Waals surface area (Å²) in [4.78, 5) is 14.0. The van der Waals surface area contributed by atoms with E-state index in [9.17, 15) is 4.79 Å². The van der Waals surface area contributed by atoms with E-state index in [1.807, 2.05) is 20.8 Å². The molecule has 2 atom stereocenters. The predicted octanol–water partition coefficient (Wildman–Crippen LogP) is 3.29. The highest BCUT2D eigenvalue weighted by Crippen LogP contribution is 2.27. The van der Waals surface area contributed by atoms with Crippen molar-refractivity contribution in [2.45, 2.75) is 59.0 Å². The predicted molar refractivity (Wildman–Crippen MR) is 93.7 cm³/mol. The lowest BCUT2D eigenvalue weighted by Crippen LogP contribution is -2.42. The van der Waals surface area contributed by atoms with Gasteiger partial charge in [-0.05, 0) is 52.0 Å². The third-order valence-corrected chi connectivity index (χ3v) is 4.25. The van der Waals surface area contributed by atoms with E-state index < -0.39 is 5.60 Å². The number of ether oxygens (including phenoxy) is 2. The average molecular weight is 328 g/mol. The number of nitrogens with zero attached hydrogens (tertiary/aromatic N) is 1. The Labute approximate surface area is 142 Å². The van der Waals surface area contributed by atoms with Crippen molar-refractivity contribution >= 4 is 6.09 Å². The summed E-state index contributed by atoms with van der Waals surface area (Å²) in [5.74, 6) is 1.64. The number of hydrogen-bond donors (Lipinski definition) is 1. The molecular formula is C18H36N2O3. The molecule has 0 radical (unpaired) electrons. The molecule has 136 valence electrons. The summed E-state index contributed by atoms with van der Waals surface area (Å²) in [5.41, 5.74) is -0.464. The third kappa shape index (κ3) is 9.16. The summed E-state index contributed by atoms with van der Waals surface area (Å²) in [6.07, 6.45) is 5.12. The molecule has 1 saturated carbocycles. The molecule has 1 amide bonds. The lowest BCUT2D eigenvalue weighted by molar-refractivity contribution is 0.0203. The average Bonchev–Trinajstić information content (AvgIpc) is 2.44. The fourth-order valence-corrected chi connectivity index (χ4v) is 3.09.